The monoisotopic (exact) mass is 695 g/mol. The Kier molecular flexibility index (Phi) is 6.40. The maximum atomic E-state index is 2.45. The summed E-state index contributed by atoms with van der Waals surface area (Å²) in [7, 11) is 0. The number of hydrogen-bond acceptors (Lipinski definition) is 0. The summed E-state index contributed by atoms with van der Waals surface area (Å²) in [5, 5.41) is 15.3. The van der Waals surface area contributed by atoms with Crippen molar-refractivity contribution in [2.45, 2.75) is 0 Å². The molecular weight excluding hydrogens is 663 g/mol. The molecule has 0 aliphatic carbocycles. The Bertz CT molecular complexity index is 3440. The highest BCUT2D eigenvalue weighted by atomic mass is 15.0. The summed E-state index contributed by atoms with van der Waals surface area (Å²) < 4.78 is 2.42. The van der Waals surface area contributed by atoms with E-state index in [1.165, 1.54) is 109 Å². The minimum Gasteiger partial charge on any atom is -0.309 e. The van der Waals surface area contributed by atoms with Crippen LogP contribution < -0.4 is 0 Å². The first kappa shape index (κ1) is 30.3. The van der Waals surface area contributed by atoms with Gasteiger partial charge in [0.2, 0.25) is 0 Å². The Morgan fingerprint density at radius 3 is 1.40 bits per heavy atom. The van der Waals surface area contributed by atoms with Crippen molar-refractivity contribution in [3.8, 4) is 39.1 Å². The van der Waals surface area contributed by atoms with E-state index in [9.17, 15) is 0 Å². The normalized spacial score (nSPS) is 12.0. The molecule has 12 aromatic rings. The number of fused-ring (bicyclic) bond motifs is 5. The van der Waals surface area contributed by atoms with Gasteiger partial charge in [-0.3, -0.25) is 0 Å². The molecule has 1 heterocycles. The fourth-order valence-corrected chi connectivity index (χ4v) is 9.35. The summed E-state index contributed by atoms with van der Waals surface area (Å²) in [5.41, 5.74) is 11.0. The quantitative estimate of drug-likeness (QED) is 0.162. The molecule has 0 N–H and O–H groups in total. The Morgan fingerprint density at radius 1 is 0.255 bits per heavy atom. The van der Waals surface area contributed by atoms with E-state index in [4.69, 9.17) is 0 Å². The van der Waals surface area contributed by atoms with Gasteiger partial charge in [-0.25, -0.2) is 0 Å². The lowest BCUT2D eigenvalue weighted by molar-refractivity contribution is 1.18. The number of benzene rings is 11. The van der Waals surface area contributed by atoms with E-state index in [1.807, 2.05) is 0 Å². The smallest absolute Gasteiger partial charge is 0.0541 e. The van der Waals surface area contributed by atoms with Gasteiger partial charge >= 0.3 is 0 Å². The van der Waals surface area contributed by atoms with Gasteiger partial charge in [-0.15, -0.1) is 0 Å². The molecule has 12 rings (SSSR count). The first-order chi connectivity index (χ1) is 27.3. The zero-order valence-corrected chi connectivity index (χ0v) is 30.0. The van der Waals surface area contributed by atoms with Crippen molar-refractivity contribution in [2.75, 3.05) is 0 Å². The Morgan fingerprint density at radius 2 is 0.745 bits per heavy atom. The maximum Gasteiger partial charge on any atom is 0.0541 e. The predicted molar refractivity (Wildman–Crippen MR) is 236 cm³/mol. The molecule has 55 heavy (non-hydrogen) atoms. The van der Waals surface area contributed by atoms with Crippen LogP contribution in [0.25, 0.3) is 115 Å². The van der Waals surface area contributed by atoms with Gasteiger partial charge in [-0.2, -0.15) is 0 Å². The highest BCUT2D eigenvalue weighted by Crippen LogP contribution is 2.47. The average molecular weight is 696 g/mol. The summed E-state index contributed by atoms with van der Waals surface area (Å²) in [6.07, 6.45) is 0. The van der Waals surface area contributed by atoms with E-state index in [1.54, 1.807) is 0 Å². The van der Waals surface area contributed by atoms with Crippen molar-refractivity contribution in [3.05, 3.63) is 200 Å². The molecule has 11 aromatic carbocycles. The Hall–Kier alpha value is -7.22. The SMILES string of the molecule is c1cc(-c2cc(-c3ccc4ccccc4c3)c3ccc4ccc(-c5ccc6ccccc6c5)c5ccc2c3c45)cc(-n2c3ccccc3c3ccccc32)c1. The van der Waals surface area contributed by atoms with Crippen LogP contribution >= 0.6 is 0 Å². The zero-order valence-electron chi connectivity index (χ0n) is 30.0. The fraction of sp³-hybridized carbons (Fsp3) is 0. The fourth-order valence-electron chi connectivity index (χ4n) is 9.35. The molecule has 0 spiro atoms. The first-order valence-electron chi connectivity index (χ1n) is 19.1. The summed E-state index contributed by atoms with van der Waals surface area (Å²) in [6.45, 7) is 0. The summed E-state index contributed by atoms with van der Waals surface area (Å²) in [6, 6.07) is 74.3. The van der Waals surface area contributed by atoms with E-state index >= 15 is 0 Å². The molecule has 0 aliphatic rings. The minimum atomic E-state index is 1.16. The zero-order chi connectivity index (χ0) is 36.0. The van der Waals surface area contributed by atoms with E-state index in [-0.39, 0.29) is 0 Å². The van der Waals surface area contributed by atoms with E-state index in [0.717, 1.165) is 5.69 Å². The largest absolute Gasteiger partial charge is 0.309 e. The van der Waals surface area contributed by atoms with E-state index in [0.29, 0.717) is 0 Å². The van der Waals surface area contributed by atoms with E-state index < -0.39 is 0 Å². The topological polar surface area (TPSA) is 4.93 Å². The molecule has 0 saturated heterocycles. The van der Waals surface area contributed by atoms with Crippen molar-refractivity contribution in [1.29, 1.82) is 0 Å². The Labute approximate surface area is 318 Å². The minimum absolute atomic E-state index is 1.16. The third kappa shape index (κ3) is 4.54. The van der Waals surface area contributed by atoms with Crippen LogP contribution in [0.2, 0.25) is 0 Å². The highest BCUT2D eigenvalue weighted by molar-refractivity contribution is 6.30. The van der Waals surface area contributed by atoms with Crippen LogP contribution in [0.15, 0.2) is 200 Å². The number of para-hydroxylation sites is 2. The van der Waals surface area contributed by atoms with Gasteiger partial charge in [-0.05, 0) is 130 Å². The molecule has 0 amide bonds. The van der Waals surface area contributed by atoms with Gasteiger partial charge in [0.1, 0.15) is 0 Å². The molecule has 0 atom stereocenters. The lowest BCUT2D eigenvalue weighted by Gasteiger charge is -2.20. The van der Waals surface area contributed by atoms with Crippen LogP contribution in [0.4, 0.5) is 0 Å². The van der Waals surface area contributed by atoms with Gasteiger partial charge < -0.3 is 4.57 Å². The molecule has 0 bridgehead atoms. The number of hydrogen-bond donors (Lipinski definition) is 0. The third-order valence-corrected chi connectivity index (χ3v) is 11.9. The second-order valence-electron chi connectivity index (χ2n) is 14.9. The lowest BCUT2D eigenvalue weighted by Crippen LogP contribution is -1.95. The highest BCUT2D eigenvalue weighted by Gasteiger charge is 2.20. The van der Waals surface area contributed by atoms with Gasteiger partial charge in [0.15, 0.2) is 0 Å². The van der Waals surface area contributed by atoms with Crippen molar-refractivity contribution >= 4 is 75.7 Å². The molecule has 0 radical (unpaired) electrons. The van der Waals surface area contributed by atoms with Gasteiger partial charge in [0.25, 0.3) is 0 Å². The van der Waals surface area contributed by atoms with Crippen LogP contribution in [-0.4, -0.2) is 4.57 Å². The number of nitrogens with zero attached hydrogens (tertiary/aromatic N) is 1. The summed E-state index contributed by atoms with van der Waals surface area (Å²) >= 11 is 0. The van der Waals surface area contributed by atoms with Crippen LogP contribution in [0, 0.1) is 0 Å². The summed E-state index contributed by atoms with van der Waals surface area (Å²) in [5.74, 6) is 0. The molecule has 1 heteroatoms. The van der Waals surface area contributed by atoms with Crippen LogP contribution in [0.3, 0.4) is 0 Å². The standard InChI is InChI=1S/C54H33N/c1-3-12-37-30-40(22-20-34(37)10-1)43-26-24-36-25-27-47-50(41-23-21-35-11-2-4-13-38(35)31-41)33-49(48-29-28-46(43)53(36)54(47)48)39-14-9-15-42(32-39)55-51-18-7-5-16-44(51)45-17-6-8-19-52(45)55/h1-33H. The van der Waals surface area contributed by atoms with Crippen molar-refractivity contribution < 1.29 is 0 Å². The molecule has 0 unspecified atom stereocenters. The van der Waals surface area contributed by atoms with E-state index in [2.05, 4.69) is 205 Å². The van der Waals surface area contributed by atoms with Crippen LogP contribution in [0.5, 0.6) is 0 Å². The Balaban J connectivity index is 1.16. The second-order valence-corrected chi connectivity index (χ2v) is 14.9. The van der Waals surface area contributed by atoms with Gasteiger partial charge in [0.05, 0.1) is 11.0 Å². The van der Waals surface area contributed by atoms with Crippen LogP contribution in [-0.2, 0) is 0 Å². The first-order valence-corrected chi connectivity index (χ1v) is 19.1. The summed E-state index contributed by atoms with van der Waals surface area (Å²) in [4.78, 5) is 0. The molecular formula is C54H33N. The van der Waals surface area contributed by atoms with Crippen molar-refractivity contribution in [2.24, 2.45) is 0 Å². The molecule has 0 aliphatic heterocycles. The van der Waals surface area contributed by atoms with Gasteiger partial charge in [0, 0.05) is 16.5 Å². The number of aromatic nitrogens is 1. The predicted octanol–water partition coefficient (Wildman–Crippen LogP) is 15.0. The lowest BCUT2D eigenvalue weighted by atomic mass is 9.83. The van der Waals surface area contributed by atoms with Crippen molar-refractivity contribution in [1.82, 2.24) is 4.57 Å². The second kappa shape index (κ2) is 11.6. The van der Waals surface area contributed by atoms with Crippen molar-refractivity contribution in [3.63, 3.8) is 0 Å². The molecule has 0 saturated carbocycles. The van der Waals surface area contributed by atoms with Gasteiger partial charge in [-0.1, -0.05) is 158 Å². The number of rotatable bonds is 4. The maximum absolute atomic E-state index is 2.45. The molecule has 0 fully saturated rings. The molecule has 254 valence electrons. The third-order valence-electron chi connectivity index (χ3n) is 11.9. The average Bonchev–Trinajstić information content (AvgIpc) is 3.59. The molecule has 1 nitrogen and oxygen atoms in total. The van der Waals surface area contributed by atoms with Crippen LogP contribution in [0.1, 0.15) is 0 Å². The molecule has 1 aromatic heterocycles.